The van der Waals surface area contributed by atoms with Crippen LogP contribution in [0.5, 0.6) is 0 Å². The lowest BCUT2D eigenvalue weighted by atomic mass is 10.0. The molecule has 2 heterocycles. The fourth-order valence-corrected chi connectivity index (χ4v) is 4.75. The number of carbonyl (C=O) groups excluding carboxylic acids is 1. The van der Waals surface area contributed by atoms with E-state index in [9.17, 15) is 14.7 Å². The number of carboxylic acid groups (broad SMARTS) is 1. The minimum absolute atomic E-state index is 0.193. The zero-order chi connectivity index (χ0) is 23.5. The number of amides is 2. The second kappa shape index (κ2) is 9.56. The zero-order valence-corrected chi connectivity index (χ0v) is 19.9. The van der Waals surface area contributed by atoms with Gasteiger partial charge in [-0.15, -0.1) is 11.3 Å². The van der Waals surface area contributed by atoms with Crippen LogP contribution in [0.4, 0.5) is 4.79 Å². The van der Waals surface area contributed by atoms with Crippen molar-refractivity contribution in [3.8, 4) is 10.6 Å². The summed E-state index contributed by atoms with van der Waals surface area (Å²) in [7, 11) is 1.87. The Hall–Kier alpha value is -3.13. The van der Waals surface area contributed by atoms with Crippen LogP contribution in [-0.2, 0) is 13.5 Å². The molecule has 3 rings (SSSR count). The molecule has 0 aliphatic heterocycles. The van der Waals surface area contributed by atoms with Crippen LogP contribution in [-0.4, -0.2) is 49.9 Å². The molecule has 0 spiro atoms. The van der Waals surface area contributed by atoms with E-state index in [4.69, 9.17) is 0 Å². The number of carbonyl (C=O) groups is 2. The third-order valence-electron chi connectivity index (χ3n) is 5.30. The van der Waals surface area contributed by atoms with E-state index in [2.05, 4.69) is 10.4 Å². The summed E-state index contributed by atoms with van der Waals surface area (Å²) in [4.78, 5) is 28.1. The van der Waals surface area contributed by atoms with Gasteiger partial charge in [0.05, 0.1) is 21.5 Å². The first kappa shape index (κ1) is 23.5. The average molecular weight is 455 g/mol. The Morgan fingerprint density at radius 1 is 1.22 bits per heavy atom. The molecule has 32 heavy (non-hydrogen) atoms. The number of hydrogen-bond donors (Lipinski definition) is 2. The molecule has 2 aromatic heterocycles. The molecule has 2 amide bonds. The second-order valence-electron chi connectivity index (χ2n) is 8.89. The Morgan fingerprint density at radius 2 is 1.91 bits per heavy atom. The lowest BCUT2D eigenvalue weighted by molar-refractivity contribution is 0.0824. The molecule has 1 atom stereocenters. The van der Waals surface area contributed by atoms with Crippen molar-refractivity contribution in [1.29, 1.82) is 0 Å². The summed E-state index contributed by atoms with van der Waals surface area (Å²) in [5.74, 6) is -0.202. The Kier molecular flexibility index (Phi) is 7.03. The second-order valence-corrected chi connectivity index (χ2v) is 9.94. The van der Waals surface area contributed by atoms with E-state index in [0.717, 1.165) is 21.7 Å². The molecule has 8 heteroatoms. The van der Waals surface area contributed by atoms with Gasteiger partial charge in [0.15, 0.2) is 0 Å². The van der Waals surface area contributed by atoms with E-state index in [1.54, 1.807) is 10.9 Å². The maximum Gasteiger partial charge on any atom is 0.407 e. The van der Waals surface area contributed by atoms with Crippen LogP contribution < -0.4 is 5.32 Å². The summed E-state index contributed by atoms with van der Waals surface area (Å²) in [6.07, 6.45) is 1.26. The van der Waals surface area contributed by atoms with Crippen LogP contribution in [0.15, 0.2) is 48.7 Å². The molecule has 0 fully saturated rings. The predicted octanol–water partition coefficient (Wildman–Crippen LogP) is 4.58. The lowest BCUT2D eigenvalue weighted by Crippen LogP contribution is -2.53. The van der Waals surface area contributed by atoms with Crippen molar-refractivity contribution in [1.82, 2.24) is 20.0 Å². The zero-order valence-electron chi connectivity index (χ0n) is 19.1. The topological polar surface area (TPSA) is 87.5 Å². The first-order valence-corrected chi connectivity index (χ1v) is 11.3. The Labute approximate surface area is 192 Å². The van der Waals surface area contributed by atoms with Crippen molar-refractivity contribution in [2.24, 2.45) is 7.05 Å². The third-order valence-corrected chi connectivity index (χ3v) is 6.56. The maximum absolute atomic E-state index is 13.2. The highest BCUT2D eigenvalue weighted by atomic mass is 32.1. The molecule has 7 nitrogen and oxygen atoms in total. The van der Waals surface area contributed by atoms with Gasteiger partial charge >= 0.3 is 6.09 Å². The van der Waals surface area contributed by atoms with Gasteiger partial charge in [-0.3, -0.25) is 9.48 Å². The van der Waals surface area contributed by atoms with Gasteiger partial charge in [0.25, 0.3) is 5.91 Å². The smallest absolute Gasteiger partial charge is 0.407 e. The van der Waals surface area contributed by atoms with Gasteiger partial charge < -0.3 is 15.3 Å². The SMILES string of the molecule is Cc1cc(C(=O)NC(Cc2ccccc2)CN(C(=O)O)C(C)(C)C)sc1-c1ccnn1C. The van der Waals surface area contributed by atoms with Crippen LogP contribution in [0.25, 0.3) is 10.6 Å². The highest BCUT2D eigenvalue weighted by molar-refractivity contribution is 7.17. The number of nitrogens with one attached hydrogen (secondary N) is 1. The first-order valence-electron chi connectivity index (χ1n) is 10.5. The van der Waals surface area contributed by atoms with E-state index < -0.39 is 11.6 Å². The molecule has 3 aromatic rings. The van der Waals surface area contributed by atoms with Crippen LogP contribution in [0.1, 0.15) is 41.6 Å². The molecular weight excluding hydrogens is 424 g/mol. The maximum atomic E-state index is 13.2. The van der Waals surface area contributed by atoms with Crippen molar-refractivity contribution >= 4 is 23.3 Å². The molecule has 1 unspecified atom stereocenters. The highest BCUT2D eigenvalue weighted by Crippen LogP contribution is 2.32. The largest absolute Gasteiger partial charge is 0.465 e. The van der Waals surface area contributed by atoms with Crippen molar-refractivity contribution in [2.45, 2.75) is 45.7 Å². The van der Waals surface area contributed by atoms with E-state index in [0.29, 0.717) is 11.3 Å². The van der Waals surface area contributed by atoms with Gasteiger partial charge in [-0.25, -0.2) is 4.79 Å². The average Bonchev–Trinajstić information content (AvgIpc) is 3.30. The highest BCUT2D eigenvalue weighted by Gasteiger charge is 2.30. The van der Waals surface area contributed by atoms with Crippen LogP contribution in [0.3, 0.4) is 0 Å². The minimum atomic E-state index is -1.00. The number of rotatable bonds is 7. The molecule has 1 aromatic carbocycles. The van der Waals surface area contributed by atoms with Gasteiger partial charge in [0.1, 0.15) is 0 Å². The quantitative estimate of drug-likeness (QED) is 0.547. The van der Waals surface area contributed by atoms with Crippen molar-refractivity contribution in [3.05, 3.63) is 64.7 Å². The molecular formula is C24H30N4O3S. The standard InChI is InChI=1S/C24H30N4O3S/c1-16-13-20(32-21(16)19-11-12-25-27(19)5)22(29)26-18(14-17-9-7-6-8-10-17)15-28(23(30)31)24(2,3)4/h6-13,18H,14-15H2,1-5H3,(H,26,29)(H,30,31). The van der Waals surface area contributed by atoms with Crippen LogP contribution in [0, 0.1) is 6.92 Å². The Morgan fingerprint density at radius 3 is 2.47 bits per heavy atom. The fourth-order valence-electron chi connectivity index (χ4n) is 3.62. The lowest BCUT2D eigenvalue weighted by Gasteiger charge is -2.36. The number of benzene rings is 1. The summed E-state index contributed by atoms with van der Waals surface area (Å²) < 4.78 is 1.78. The number of aromatic nitrogens is 2. The number of hydrogen-bond acceptors (Lipinski definition) is 4. The van der Waals surface area contributed by atoms with Gasteiger partial charge in [-0.2, -0.15) is 5.10 Å². The third kappa shape index (κ3) is 5.56. The van der Waals surface area contributed by atoms with Gasteiger partial charge in [-0.05, 0) is 57.4 Å². The monoisotopic (exact) mass is 454 g/mol. The summed E-state index contributed by atoms with van der Waals surface area (Å²) in [6, 6.07) is 13.2. The van der Waals surface area contributed by atoms with Crippen LogP contribution in [0.2, 0.25) is 0 Å². The predicted molar refractivity (Wildman–Crippen MR) is 127 cm³/mol. The number of thiophene rings is 1. The van der Waals surface area contributed by atoms with Crippen molar-refractivity contribution in [2.75, 3.05) is 6.54 Å². The van der Waals surface area contributed by atoms with Gasteiger partial charge in [0.2, 0.25) is 0 Å². The first-order chi connectivity index (χ1) is 15.1. The minimum Gasteiger partial charge on any atom is -0.465 e. The fraction of sp³-hybridized carbons (Fsp3) is 0.375. The van der Waals surface area contributed by atoms with Crippen LogP contribution >= 0.6 is 11.3 Å². The van der Waals surface area contributed by atoms with Crippen molar-refractivity contribution < 1.29 is 14.7 Å². The molecule has 2 N–H and O–H groups in total. The summed E-state index contributed by atoms with van der Waals surface area (Å²) in [5.41, 5.74) is 2.41. The molecule has 170 valence electrons. The molecule has 0 saturated heterocycles. The van der Waals surface area contributed by atoms with E-state index in [1.165, 1.54) is 16.2 Å². The molecule has 0 radical (unpaired) electrons. The van der Waals surface area contributed by atoms with Gasteiger partial charge in [-0.1, -0.05) is 30.3 Å². The summed E-state index contributed by atoms with van der Waals surface area (Å²) in [5, 5.41) is 17.1. The number of nitrogens with zero attached hydrogens (tertiary/aromatic N) is 3. The number of aryl methyl sites for hydroxylation is 2. The summed E-state index contributed by atoms with van der Waals surface area (Å²) in [6.45, 7) is 7.73. The molecule has 0 bridgehead atoms. The molecule has 0 saturated carbocycles. The normalized spacial score (nSPS) is 12.4. The summed E-state index contributed by atoms with van der Waals surface area (Å²) >= 11 is 1.42. The van der Waals surface area contributed by atoms with Gasteiger partial charge in [0, 0.05) is 25.3 Å². The van der Waals surface area contributed by atoms with Crippen molar-refractivity contribution in [3.63, 3.8) is 0 Å². The van der Waals surface area contributed by atoms with E-state index in [-0.39, 0.29) is 18.5 Å². The molecule has 0 aliphatic rings. The van der Waals surface area contributed by atoms with E-state index >= 15 is 0 Å². The van der Waals surface area contributed by atoms with E-state index in [1.807, 2.05) is 77.2 Å². The Bertz CT molecular complexity index is 1080. The molecule has 0 aliphatic carbocycles. The Balaban J connectivity index is 1.84.